The minimum absolute atomic E-state index is 0.174. The molecule has 6 nitrogen and oxygen atoms in total. The zero-order chi connectivity index (χ0) is 20.8. The van der Waals surface area contributed by atoms with Crippen LogP contribution in [0, 0.1) is 12.7 Å². The predicted molar refractivity (Wildman–Crippen MR) is 109 cm³/mol. The molecule has 0 fully saturated rings. The lowest BCUT2D eigenvalue weighted by molar-refractivity contribution is 0.0670. The van der Waals surface area contributed by atoms with Gasteiger partial charge in [0.2, 0.25) is 0 Å². The van der Waals surface area contributed by atoms with Crippen molar-refractivity contribution in [2.45, 2.75) is 13.5 Å². The minimum Gasteiger partial charge on any atom is -0.467 e. The first-order chi connectivity index (χ1) is 14.0. The van der Waals surface area contributed by atoms with Crippen molar-refractivity contribution in [1.29, 1.82) is 0 Å². The highest BCUT2D eigenvalue weighted by Crippen LogP contribution is 2.29. The number of rotatable bonds is 8. The second-order valence-electron chi connectivity index (χ2n) is 6.39. The Bertz CT molecular complexity index is 984. The Morgan fingerprint density at radius 3 is 2.76 bits per heavy atom. The minimum atomic E-state index is -0.484. The lowest BCUT2D eigenvalue weighted by atomic mass is 10.2. The number of hydrogen-bond donors (Lipinski definition) is 1. The second kappa shape index (κ2) is 9.49. The molecular formula is C21H21FN2O4S. The number of aryl methyl sites for hydroxylation is 1. The molecule has 1 aromatic carbocycles. The highest BCUT2D eigenvalue weighted by atomic mass is 32.1. The van der Waals surface area contributed by atoms with Crippen molar-refractivity contribution in [2.75, 3.05) is 25.6 Å². The third-order valence-electron chi connectivity index (χ3n) is 4.21. The molecule has 0 spiro atoms. The number of hydrogen-bond acceptors (Lipinski definition) is 5. The highest BCUT2D eigenvalue weighted by molar-refractivity contribution is 7.18. The summed E-state index contributed by atoms with van der Waals surface area (Å²) in [5, 5.41) is 3.25. The van der Waals surface area contributed by atoms with E-state index in [-0.39, 0.29) is 11.5 Å². The number of nitrogens with one attached hydrogen (secondary N) is 1. The van der Waals surface area contributed by atoms with E-state index in [0.717, 1.165) is 11.6 Å². The zero-order valence-corrected chi connectivity index (χ0v) is 16.9. The third kappa shape index (κ3) is 5.30. The first kappa shape index (κ1) is 20.8. The van der Waals surface area contributed by atoms with E-state index in [0.29, 0.717) is 35.3 Å². The molecular weight excluding hydrogens is 395 g/mol. The van der Waals surface area contributed by atoms with Gasteiger partial charge in [0.15, 0.2) is 0 Å². The highest BCUT2D eigenvalue weighted by Gasteiger charge is 2.22. The molecule has 2 aromatic heterocycles. The fourth-order valence-electron chi connectivity index (χ4n) is 2.76. The maximum atomic E-state index is 13.3. The fraction of sp³-hybridized carbons (Fsp3) is 0.238. The van der Waals surface area contributed by atoms with Crippen molar-refractivity contribution in [1.82, 2.24) is 4.90 Å². The van der Waals surface area contributed by atoms with Gasteiger partial charge in [0.25, 0.3) is 11.8 Å². The maximum Gasteiger partial charge on any atom is 0.264 e. The van der Waals surface area contributed by atoms with Crippen LogP contribution in [0.2, 0.25) is 0 Å². The summed E-state index contributed by atoms with van der Waals surface area (Å²) in [6.07, 6.45) is 1.56. The summed E-state index contributed by atoms with van der Waals surface area (Å²) >= 11 is 1.18. The van der Waals surface area contributed by atoms with E-state index in [1.807, 2.05) is 6.92 Å². The van der Waals surface area contributed by atoms with Gasteiger partial charge in [-0.05, 0) is 48.9 Å². The summed E-state index contributed by atoms with van der Waals surface area (Å²) in [6, 6.07) is 10.7. The van der Waals surface area contributed by atoms with Crippen molar-refractivity contribution in [3.05, 3.63) is 76.3 Å². The third-order valence-corrected chi connectivity index (χ3v) is 5.36. The van der Waals surface area contributed by atoms with Gasteiger partial charge in [-0.1, -0.05) is 6.07 Å². The summed E-state index contributed by atoms with van der Waals surface area (Å²) in [4.78, 5) is 27.6. The van der Waals surface area contributed by atoms with E-state index in [4.69, 9.17) is 9.15 Å². The molecule has 0 saturated heterocycles. The van der Waals surface area contributed by atoms with Gasteiger partial charge in [-0.15, -0.1) is 11.3 Å². The Morgan fingerprint density at radius 1 is 1.24 bits per heavy atom. The number of furan rings is 1. The van der Waals surface area contributed by atoms with Crippen LogP contribution in [0.4, 0.5) is 9.39 Å². The Morgan fingerprint density at radius 2 is 2.07 bits per heavy atom. The number of methoxy groups -OCH3 is 1. The molecule has 0 atom stereocenters. The molecule has 0 radical (unpaired) electrons. The number of anilines is 1. The van der Waals surface area contributed by atoms with Gasteiger partial charge in [-0.3, -0.25) is 9.59 Å². The van der Waals surface area contributed by atoms with E-state index in [9.17, 15) is 14.0 Å². The average molecular weight is 416 g/mol. The number of carbonyl (C=O) groups is 2. The second-order valence-corrected chi connectivity index (χ2v) is 7.44. The first-order valence-electron chi connectivity index (χ1n) is 8.96. The molecule has 2 amide bonds. The van der Waals surface area contributed by atoms with Gasteiger partial charge >= 0.3 is 0 Å². The topological polar surface area (TPSA) is 71.8 Å². The number of halogens is 1. The van der Waals surface area contributed by atoms with E-state index >= 15 is 0 Å². The average Bonchev–Trinajstić information content (AvgIpc) is 3.34. The van der Waals surface area contributed by atoms with E-state index in [2.05, 4.69) is 5.32 Å². The molecule has 1 N–H and O–H groups in total. The van der Waals surface area contributed by atoms with Crippen LogP contribution in [0.5, 0.6) is 0 Å². The van der Waals surface area contributed by atoms with Crippen LogP contribution in [0.15, 0.2) is 53.1 Å². The van der Waals surface area contributed by atoms with Crippen LogP contribution in [0.25, 0.3) is 0 Å². The summed E-state index contributed by atoms with van der Waals surface area (Å²) < 4.78 is 23.8. The van der Waals surface area contributed by atoms with Crippen molar-refractivity contribution < 1.29 is 23.1 Å². The summed E-state index contributed by atoms with van der Waals surface area (Å²) in [7, 11) is 1.58. The molecule has 0 unspecified atom stereocenters. The van der Waals surface area contributed by atoms with Crippen molar-refractivity contribution in [3.8, 4) is 0 Å². The molecule has 0 aliphatic carbocycles. The number of ether oxygens (including phenoxy) is 1. The Hall–Kier alpha value is -2.97. The summed E-state index contributed by atoms with van der Waals surface area (Å²) in [6.45, 7) is 2.92. The van der Waals surface area contributed by atoms with Crippen LogP contribution < -0.4 is 5.32 Å². The van der Waals surface area contributed by atoms with Gasteiger partial charge < -0.3 is 19.4 Å². The van der Waals surface area contributed by atoms with E-state index < -0.39 is 11.7 Å². The molecule has 0 bridgehead atoms. The largest absolute Gasteiger partial charge is 0.467 e. The maximum absolute atomic E-state index is 13.3. The lowest BCUT2D eigenvalue weighted by Gasteiger charge is -2.21. The van der Waals surface area contributed by atoms with Crippen molar-refractivity contribution >= 4 is 28.2 Å². The Kier molecular flexibility index (Phi) is 6.79. The van der Waals surface area contributed by atoms with Crippen LogP contribution in [0.3, 0.4) is 0 Å². The fourth-order valence-corrected chi connectivity index (χ4v) is 3.79. The monoisotopic (exact) mass is 416 g/mol. The molecule has 0 saturated carbocycles. The molecule has 0 aliphatic heterocycles. The Balaban J connectivity index is 1.76. The lowest BCUT2D eigenvalue weighted by Crippen LogP contribution is -2.33. The smallest absolute Gasteiger partial charge is 0.264 e. The van der Waals surface area contributed by atoms with Crippen LogP contribution >= 0.6 is 11.3 Å². The van der Waals surface area contributed by atoms with Gasteiger partial charge in [-0.2, -0.15) is 0 Å². The van der Waals surface area contributed by atoms with Crippen LogP contribution in [-0.2, 0) is 11.3 Å². The number of benzene rings is 1. The van der Waals surface area contributed by atoms with Gasteiger partial charge in [0.1, 0.15) is 11.6 Å². The van der Waals surface area contributed by atoms with E-state index in [1.165, 1.54) is 29.5 Å². The molecule has 3 rings (SSSR count). The van der Waals surface area contributed by atoms with Crippen LogP contribution in [-0.4, -0.2) is 37.0 Å². The normalized spacial score (nSPS) is 10.7. The van der Waals surface area contributed by atoms with Gasteiger partial charge in [0, 0.05) is 19.2 Å². The summed E-state index contributed by atoms with van der Waals surface area (Å²) in [5.74, 6) is -0.422. The predicted octanol–water partition coefficient (Wildman–Crippen LogP) is 4.33. The molecule has 2 heterocycles. The number of amides is 2. The molecule has 152 valence electrons. The molecule has 3 aromatic rings. The zero-order valence-electron chi connectivity index (χ0n) is 16.1. The van der Waals surface area contributed by atoms with Crippen LogP contribution in [0.1, 0.15) is 31.4 Å². The quantitative estimate of drug-likeness (QED) is 0.593. The standard InChI is InChI=1S/C21H21FN2O4S/c1-14-11-18(23-20(25)15-5-3-6-16(22)12-15)29-19(14)21(26)24(8-10-27-2)13-17-7-4-9-28-17/h3-7,9,11-12H,8,10,13H2,1-2H3,(H,23,25). The van der Waals surface area contributed by atoms with Gasteiger partial charge in [0.05, 0.1) is 29.3 Å². The molecule has 29 heavy (non-hydrogen) atoms. The SMILES string of the molecule is COCCN(Cc1ccco1)C(=O)c1sc(NC(=O)c2cccc(F)c2)cc1C. The van der Waals surface area contributed by atoms with Crippen molar-refractivity contribution in [3.63, 3.8) is 0 Å². The molecule has 8 heteroatoms. The number of nitrogens with zero attached hydrogens (tertiary/aromatic N) is 1. The first-order valence-corrected chi connectivity index (χ1v) is 9.77. The molecule has 0 aliphatic rings. The Labute approximate surface area is 171 Å². The summed E-state index contributed by atoms with van der Waals surface area (Å²) in [5.41, 5.74) is 0.958. The van der Waals surface area contributed by atoms with E-state index in [1.54, 1.807) is 36.5 Å². The van der Waals surface area contributed by atoms with Gasteiger partial charge in [-0.25, -0.2) is 4.39 Å². The number of thiophene rings is 1. The number of carbonyl (C=O) groups excluding carboxylic acids is 2. The van der Waals surface area contributed by atoms with Crippen molar-refractivity contribution in [2.24, 2.45) is 0 Å².